The number of amides is 1. The fourth-order valence-corrected chi connectivity index (χ4v) is 3.28. The molecule has 10 nitrogen and oxygen atoms in total. The lowest BCUT2D eigenvalue weighted by atomic mass is 9.93. The van der Waals surface area contributed by atoms with Crippen molar-refractivity contribution in [1.29, 1.82) is 0 Å². The van der Waals surface area contributed by atoms with Crippen LogP contribution >= 0.6 is 0 Å². The molecule has 10 heteroatoms. The van der Waals surface area contributed by atoms with Gasteiger partial charge in [0.05, 0.1) is 19.0 Å². The molecule has 1 fully saturated rings. The Morgan fingerprint density at radius 1 is 1.39 bits per heavy atom. The lowest BCUT2D eigenvalue weighted by Crippen LogP contribution is -2.50. The standard InChI is InChI=1S/C21H24N6O4/c1-20(2,3)31-19(28)26-10-5-8-21(29,13-26)9-7-14-12-27-18(16(22)23-14)24-17(25-27)15-6-4-11-30-15/h4,6,11-12,29H,5,8,10,13H2,1-3H3,(H2,22,23)/t21-/m1/s1. The van der Waals surface area contributed by atoms with Crippen LogP contribution in [0.3, 0.4) is 0 Å². The van der Waals surface area contributed by atoms with Crippen molar-refractivity contribution in [3.8, 4) is 23.4 Å². The normalized spacial score (nSPS) is 19.2. The van der Waals surface area contributed by atoms with Crippen LogP contribution in [0.15, 0.2) is 29.0 Å². The average molecular weight is 424 g/mol. The molecule has 0 spiro atoms. The van der Waals surface area contributed by atoms with Crippen molar-refractivity contribution in [1.82, 2.24) is 24.5 Å². The number of rotatable bonds is 1. The number of hydrogen-bond acceptors (Lipinski definition) is 8. The Bertz CT molecular complexity index is 1170. The van der Waals surface area contributed by atoms with E-state index < -0.39 is 17.3 Å². The SMILES string of the molecule is CC(C)(C)OC(=O)N1CCC[C@@](O)(C#Cc2cn3nc(-c4ccco4)nc3c(N)n2)C1. The number of aliphatic hydroxyl groups is 1. The maximum Gasteiger partial charge on any atom is 0.410 e. The van der Waals surface area contributed by atoms with Gasteiger partial charge in [-0.25, -0.2) is 19.3 Å². The zero-order chi connectivity index (χ0) is 22.2. The number of ether oxygens (including phenoxy) is 1. The number of hydrogen-bond donors (Lipinski definition) is 2. The number of likely N-dealkylation sites (tertiary alicyclic amines) is 1. The Morgan fingerprint density at radius 2 is 2.19 bits per heavy atom. The molecule has 1 saturated heterocycles. The number of furan rings is 1. The molecular formula is C21H24N6O4. The lowest BCUT2D eigenvalue weighted by molar-refractivity contribution is -0.0153. The van der Waals surface area contributed by atoms with Crippen molar-refractivity contribution in [3.63, 3.8) is 0 Å². The summed E-state index contributed by atoms with van der Waals surface area (Å²) in [5.74, 6) is 6.75. The van der Waals surface area contributed by atoms with Crippen molar-refractivity contribution in [2.75, 3.05) is 18.8 Å². The van der Waals surface area contributed by atoms with Gasteiger partial charge in [0.25, 0.3) is 0 Å². The summed E-state index contributed by atoms with van der Waals surface area (Å²) in [5, 5.41) is 15.3. The smallest absolute Gasteiger partial charge is 0.410 e. The molecule has 1 amide bonds. The molecule has 1 atom stereocenters. The van der Waals surface area contributed by atoms with E-state index in [1.165, 1.54) is 15.7 Å². The highest BCUT2D eigenvalue weighted by atomic mass is 16.6. The van der Waals surface area contributed by atoms with Crippen LogP contribution in [0.4, 0.5) is 10.6 Å². The first-order valence-electron chi connectivity index (χ1n) is 9.92. The molecule has 0 aromatic carbocycles. The molecule has 162 valence electrons. The Balaban J connectivity index is 1.56. The van der Waals surface area contributed by atoms with Gasteiger partial charge >= 0.3 is 6.09 Å². The molecule has 1 aliphatic rings. The van der Waals surface area contributed by atoms with E-state index in [4.69, 9.17) is 14.9 Å². The number of aromatic nitrogens is 4. The second-order valence-electron chi connectivity index (χ2n) is 8.48. The quantitative estimate of drug-likeness (QED) is 0.568. The summed E-state index contributed by atoms with van der Waals surface area (Å²) in [7, 11) is 0. The summed E-state index contributed by atoms with van der Waals surface area (Å²) in [6.07, 6.45) is 3.68. The first-order valence-corrected chi connectivity index (χ1v) is 9.92. The van der Waals surface area contributed by atoms with Crippen LogP contribution in [-0.2, 0) is 4.74 Å². The largest absolute Gasteiger partial charge is 0.461 e. The van der Waals surface area contributed by atoms with Gasteiger partial charge in [-0.05, 0) is 51.7 Å². The predicted molar refractivity (Wildman–Crippen MR) is 112 cm³/mol. The van der Waals surface area contributed by atoms with Crippen LogP contribution in [-0.4, -0.2) is 60.0 Å². The number of fused-ring (bicyclic) bond motifs is 1. The number of piperidine rings is 1. The van der Waals surface area contributed by atoms with E-state index in [0.29, 0.717) is 42.3 Å². The molecule has 0 radical (unpaired) electrons. The van der Waals surface area contributed by atoms with E-state index >= 15 is 0 Å². The van der Waals surface area contributed by atoms with Gasteiger partial charge in [-0.3, -0.25) is 0 Å². The zero-order valence-corrected chi connectivity index (χ0v) is 17.6. The topological polar surface area (TPSA) is 132 Å². The Morgan fingerprint density at radius 3 is 2.90 bits per heavy atom. The highest BCUT2D eigenvalue weighted by Gasteiger charge is 2.35. The Labute approximate surface area is 179 Å². The molecule has 31 heavy (non-hydrogen) atoms. The highest BCUT2D eigenvalue weighted by molar-refractivity contribution is 5.68. The molecule has 4 heterocycles. The number of nitrogens with zero attached hydrogens (tertiary/aromatic N) is 5. The first kappa shape index (κ1) is 20.7. The molecule has 4 rings (SSSR count). The second-order valence-corrected chi connectivity index (χ2v) is 8.48. The van der Waals surface area contributed by atoms with Gasteiger partial charge in [0.1, 0.15) is 16.9 Å². The summed E-state index contributed by atoms with van der Waals surface area (Å²) in [4.78, 5) is 22.4. The van der Waals surface area contributed by atoms with E-state index in [1.807, 2.05) is 0 Å². The van der Waals surface area contributed by atoms with E-state index in [2.05, 4.69) is 26.9 Å². The van der Waals surface area contributed by atoms with Crippen molar-refractivity contribution in [2.24, 2.45) is 0 Å². The summed E-state index contributed by atoms with van der Waals surface area (Å²) >= 11 is 0. The minimum absolute atomic E-state index is 0.0542. The molecule has 3 aromatic rings. The molecule has 1 aliphatic heterocycles. The van der Waals surface area contributed by atoms with Crippen molar-refractivity contribution in [2.45, 2.75) is 44.8 Å². The maximum absolute atomic E-state index is 12.4. The van der Waals surface area contributed by atoms with Gasteiger partial charge in [-0.15, -0.1) is 5.10 Å². The third-order valence-corrected chi connectivity index (χ3v) is 4.63. The number of anilines is 1. The van der Waals surface area contributed by atoms with Crippen LogP contribution in [0, 0.1) is 11.8 Å². The third-order valence-electron chi connectivity index (χ3n) is 4.63. The van der Waals surface area contributed by atoms with Gasteiger partial charge < -0.3 is 24.9 Å². The van der Waals surface area contributed by atoms with E-state index in [-0.39, 0.29) is 12.4 Å². The van der Waals surface area contributed by atoms with Crippen LogP contribution in [0.25, 0.3) is 17.2 Å². The lowest BCUT2D eigenvalue weighted by Gasteiger charge is -2.36. The second kappa shape index (κ2) is 7.59. The molecule has 3 N–H and O–H groups in total. The van der Waals surface area contributed by atoms with E-state index in [9.17, 15) is 9.90 Å². The van der Waals surface area contributed by atoms with Gasteiger partial charge in [-0.1, -0.05) is 5.92 Å². The number of nitrogen functional groups attached to an aromatic ring is 1. The van der Waals surface area contributed by atoms with Crippen LogP contribution < -0.4 is 5.73 Å². The Hall–Kier alpha value is -3.58. The van der Waals surface area contributed by atoms with E-state index in [0.717, 1.165) is 0 Å². The first-order chi connectivity index (χ1) is 14.6. The van der Waals surface area contributed by atoms with Crippen molar-refractivity contribution >= 4 is 17.6 Å². The Kier molecular flexibility index (Phi) is 5.07. The van der Waals surface area contributed by atoms with Crippen LogP contribution in [0.1, 0.15) is 39.3 Å². The molecule has 3 aromatic heterocycles. The van der Waals surface area contributed by atoms with E-state index in [1.54, 1.807) is 39.1 Å². The summed E-state index contributed by atoms with van der Waals surface area (Å²) in [5.41, 5.74) is 4.74. The number of carbonyl (C=O) groups excluding carboxylic acids is 1. The van der Waals surface area contributed by atoms with Crippen LogP contribution in [0.5, 0.6) is 0 Å². The minimum atomic E-state index is -1.37. The summed E-state index contributed by atoms with van der Waals surface area (Å²) in [6, 6.07) is 3.49. The average Bonchev–Trinajstić information content (AvgIpc) is 3.35. The molecule has 0 unspecified atom stereocenters. The minimum Gasteiger partial charge on any atom is -0.461 e. The fraction of sp³-hybridized carbons (Fsp3) is 0.429. The monoisotopic (exact) mass is 424 g/mol. The van der Waals surface area contributed by atoms with Gasteiger partial charge in [-0.2, -0.15) is 0 Å². The molecule has 0 aliphatic carbocycles. The van der Waals surface area contributed by atoms with Gasteiger partial charge in [0, 0.05) is 6.54 Å². The molecule has 0 saturated carbocycles. The summed E-state index contributed by atoms with van der Waals surface area (Å²) in [6.45, 7) is 5.96. The highest BCUT2D eigenvalue weighted by Crippen LogP contribution is 2.23. The van der Waals surface area contributed by atoms with Crippen LogP contribution in [0.2, 0.25) is 0 Å². The number of carbonyl (C=O) groups is 1. The molecule has 0 bridgehead atoms. The number of β-amino-alcohol motifs (C(OH)–C–C–N with tert-alkyl or cyclic N) is 1. The third kappa shape index (κ3) is 4.62. The predicted octanol–water partition coefficient (Wildman–Crippen LogP) is 2.08. The van der Waals surface area contributed by atoms with Gasteiger partial charge in [0.15, 0.2) is 17.2 Å². The molecular weight excluding hydrogens is 400 g/mol. The van der Waals surface area contributed by atoms with Crippen molar-refractivity contribution < 1.29 is 19.1 Å². The number of nitrogens with two attached hydrogens (primary N) is 1. The summed E-state index contributed by atoms with van der Waals surface area (Å²) < 4.78 is 12.2. The van der Waals surface area contributed by atoms with Gasteiger partial charge in [0.2, 0.25) is 5.82 Å². The van der Waals surface area contributed by atoms with Crippen molar-refractivity contribution in [3.05, 3.63) is 30.3 Å². The maximum atomic E-state index is 12.4. The zero-order valence-electron chi connectivity index (χ0n) is 17.6. The fourth-order valence-electron chi connectivity index (χ4n) is 3.28.